The standard InChI is InChI=1S/C13H10F5NS/c1-2-19-13(6-3-4-20-5-6)7-8(14)10(16)12(18)11(17)9(7)15/h3-5,13,19H,2H2,1H3. The van der Waals surface area contributed by atoms with Gasteiger partial charge in [-0.15, -0.1) is 0 Å². The number of hydrogen-bond donors (Lipinski definition) is 1. The van der Waals surface area contributed by atoms with E-state index in [1.54, 1.807) is 23.8 Å². The normalized spacial score (nSPS) is 12.7. The van der Waals surface area contributed by atoms with Crippen molar-refractivity contribution >= 4 is 11.3 Å². The Balaban J connectivity index is 2.66. The molecule has 0 saturated carbocycles. The summed E-state index contributed by atoms with van der Waals surface area (Å²) < 4.78 is 67.2. The van der Waals surface area contributed by atoms with Crippen molar-refractivity contribution in [3.8, 4) is 0 Å². The van der Waals surface area contributed by atoms with Crippen LogP contribution in [0.1, 0.15) is 24.1 Å². The van der Waals surface area contributed by atoms with Crippen molar-refractivity contribution in [3.05, 3.63) is 57.0 Å². The fourth-order valence-corrected chi connectivity index (χ4v) is 2.59. The van der Waals surface area contributed by atoms with Gasteiger partial charge in [0, 0.05) is 0 Å². The van der Waals surface area contributed by atoms with Crippen molar-refractivity contribution in [1.82, 2.24) is 5.32 Å². The molecule has 7 heteroatoms. The zero-order chi connectivity index (χ0) is 14.9. The Labute approximate surface area is 116 Å². The highest BCUT2D eigenvalue weighted by atomic mass is 32.1. The van der Waals surface area contributed by atoms with E-state index in [1.165, 1.54) is 11.3 Å². The van der Waals surface area contributed by atoms with Crippen LogP contribution in [0.3, 0.4) is 0 Å². The molecule has 1 nitrogen and oxygen atoms in total. The minimum absolute atomic E-state index is 0.306. The lowest BCUT2D eigenvalue weighted by atomic mass is 9.99. The molecule has 0 fully saturated rings. The molecule has 108 valence electrons. The van der Waals surface area contributed by atoms with E-state index >= 15 is 0 Å². The maximum absolute atomic E-state index is 13.8. The van der Waals surface area contributed by atoms with Gasteiger partial charge in [-0.05, 0) is 28.9 Å². The smallest absolute Gasteiger partial charge is 0.200 e. The minimum Gasteiger partial charge on any atom is -0.306 e. The van der Waals surface area contributed by atoms with E-state index < -0.39 is 40.7 Å². The Hall–Kier alpha value is -1.47. The molecule has 0 radical (unpaired) electrons. The molecule has 2 aromatic rings. The van der Waals surface area contributed by atoms with Crippen molar-refractivity contribution in [2.45, 2.75) is 13.0 Å². The maximum atomic E-state index is 13.8. The van der Waals surface area contributed by atoms with Crippen molar-refractivity contribution in [2.75, 3.05) is 6.54 Å². The molecule has 0 aliphatic carbocycles. The first-order valence-corrected chi connectivity index (χ1v) is 6.70. The highest BCUT2D eigenvalue weighted by molar-refractivity contribution is 7.08. The van der Waals surface area contributed by atoms with Crippen LogP contribution in [-0.2, 0) is 0 Å². The molecular weight excluding hydrogens is 297 g/mol. The fourth-order valence-electron chi connectivity index (χ4n) is 1.91. The van der Waals surface area contributed by atoms with Gasteiger partial charge in [0.25, 0.3) is 0 Å². The quantitative estimate of drug-likeness (QED) is 0.508. The van der Waals surface area contributed by atoms with Crippen LogP contribution in [0.4, 0.5) is 22.0 Å². The molecule has 0 spiro atoms. The SMILES string of the molecule is CCNC(c1ccsc1)c1c(F)c(F)c(F)c(F)c1F. The van der Waals surface area contributed by atoms with Gasteiger partial charge in [-0.3, -0.25) is 0 Å². The molecule has 1 unspecified atom stereocenters. The summed E-state index contributed by atoms with van der Waals surface area (Å²) in [5, 5.41) is 5.97. The van der Waals surface area contributed by atoms with E-state index in [0.29, 0.717) is 12.1 Å². The van der Waals surface area contributed by atoms with Gasteiger partial charge >= 0.3 is 0 Å². The van der Waals surface area contributed by atoms with Crippen LogP contribution >= 0.6 is 11.3 Å². The number of thiophene rings is 1. The number of benzene rings is 1. The average Bonchev–Trinajstić information content (AvgIpc) is 2.96. The lowest BCUT2D eigenvalue weighted by Crippen LogP contribution is -2.25. The first-order valence-electron chi connectivity index (χ1n) is 5.75. The van der Waals surface area contributed by atoms with E-state index in [9.17, 15) is 22.0 Å². The van der Waals surface area contributed by atoms with Gasteiger partial charge in [-0.25, -0.2) is 22.0 Å². The van der Waals surface area contributed by atoms with Crippen LogP contribution < -0.4 is 5.32 Å². The Morgan fingerprint density at radius 2 is 1.55 bits per heavy atom. The predicted octanol–water partition coefficient (Wildman–Crippen LogP) is 4.14. The third kappa shape index (κ3) is 2.43. The third-order valence-corrected chi connectivity index (χ3v) is 3.52. The van der Waals surface area contributed by atoms with Crippen LogP contribution in [0.5, 0.6) is 0 Å². The molecule has 0 aliphatic heterocycles. The molecule has 0 saturated heterocycles. The summed E-state index contributed by atoms with van der Waals surface area (Å²) in [6, 6.07) is 0.478. The second kappa shape index (κ2) is 5.88. The van der Waals surface area contributed by atoms with Gasteiger partial charge in [0.05, 0.1) is 11.6 Å². The molecule has 1 N–H and O–H groups in total. The molecule has 20 heavy (non-hydrogen) atoms. The largest absolute Gasteiger partial charge is 0.306 e. The van der Waals surface area contributed by atoms with Gasteiger partial charge in [-0.2, -0.15) is 11.3 Å². The summed E-state index contributed by atoms with van der Waals surface area (Å²) in [5.74, 6) is -9.63. The molecule has 1 aromatic carbocycles. The average molecular weight is 307 g/mol. The minimum atomic E-state index is -2.15. The van der Waals surface area contributed by atoms with E-state index in [-0.39, 0.29) is 0 Å². The lowest BCUT2D eigenvalue weighted by molar-refractivity contribution is 0.362. The first-order chi connectivity index (χ1) is 9.49. The number of halogens is 5. The summed E-state index contributed by atoms with van der Waals surface area (Å²) in [4.78, 5) is 0. The molecule has 2 rings (SSSR count). The topological polar surface area (TPSA) is 12.0 Å². The summed E-state index contributed by atoms with van der Waals surface area (Å²) in [6.07, 6.45) is 0. The second-order valence-corrected chi connectivity index (χ2v) is 4.81. The zero-order valence-corrected chi connectivity index (χ0v) is 11.1. The number of hydrogen-bond acceptors (Lipinski definition) is 2. The Bertz CT molecular complexity index is 583. The fraction of sp³-hybridized carbons (Fsp3) is 0.231. The highest BCUT2D eigenvalue weighted by Crippen LogP contribution is 2.32. The predicted molar refractivity (Wildman–Crippen MR) is 66.1 cm³/mol. The third-order valence-electron chi connectivity index (χ3n) is 2.82. The Kier molecular flexibility index (Phi) is 4.39. The van der Waals surface area contributed by atoms with Crippen molar-refractivity contribution in [3.63, 3.8) is 0 Å². The van der Waals surface area contributed by atoms with Crippen molar-refractivity contribution < 1.29 is 22.0 Å². The van der Waals surface area contributed by atoms with Crippen molar-refractivity contribution in [1.29, 1.82) is 0 Å². The van der Waals surface area contributed by atoms with E-state index in [4.69, 9.17) is 0 Å². The Morgan fingerprint density at radius 3 is 2.00 bits per heavy atom. The molecule has 1 atom stereocenters. The van der Waals surface area contributed by atoms with E-state index in [1.807, 2.05) is 0 Å². The summed E-state index contributed by atoms with van der Waals surface area (Å²) in [5.41, 5.74) is -0.415. The van der Waals surface area contributed by atoms with Crippen LogP contribution in [0.2, 0.25) is 0 Å². The van der Waals surface area contributed by atoms with Crippen LogP contribution in [0.15, 0.2) is 16.8 Å². The van der Waals surface area contributed by atoms with Gasteiger partial charge in [0.15, 0.2) is 23.3 Å². The molecule has 1 aromatic heterocycles. The van der Waals surface area contributed by atoms with Crippen LogP contribution in [0.25, 0.3) is 0 Å². The molecule has 0 amide bonds. The second-order valence-electron chi connectivity index (χ2n) is 4.03. The summed E-state index contributed by atoms with van der Waals surface area (Å²) in [7, 11) is 0. The monoisotopic (exact) mass is 307 g/mol. The maximum Gasteiger partial charge on any atom is 0.200 e. The molecule has 0 bridgehead atoms. The number of nitrogens with one attached hydrogen (secondary N) is 1. The van der Waals surface area contributed by atoms with Gasteiger partial charge in [-0.1, -0.05) is 6.92 Å². The first kappa shape index (κ1) is 14.9. The van der Waals surface area contributed by atoms with Crippen molar-refractivity contribution in [2.24, 2.45) is 0 Å². The highest BCUT2D eigenvalue weighted by Gasteiger charge is 2.30. The van der Waals surface area contributed by atoms with E-state index in [2.05, 4.69) is 5.32 Å². The Morgan fingerprint density at radius 1 is 1.00 bits per heavy atom. The van der Waals surface area contributed by atoms with Crippen LogP contribution in [0, 0.1) is 29.1 Å². The van der Waals surface area contributed by atoms with Crippen LogP contribution in [-0.4, -0.2) is 6.54 Å². The molecular formula is C13H10F5NS. The summed E-state index contributed by atoms with van der Waals surface area (Å²) >= 11 is 1.27. The number of rotatable bonds is 4. The van der Waals surface area contributed by atoms with Gasteiger partial charge in [0.1, 0.15) is 0 Å². The van der Waals surface area contributed by atoms with E-state index in [0.717, 1.165) is 0 Å². The van der Waals surface area contributed by atoms with Gasteiger partial charge < -0.3 is 5.32 Å². The molecule has 0 aliphatic rings. The summed E-state index contributed by atoms with van der Waals surface area (Å²) in [6.45, 7) is 1.98. The molecule has 1 heterocycles. The van der Waals surface area contributed by atoms with Gasteiger partial charge in [0.2, 0.25) is 5.82 Å². The zero-order valence-electron chi connectivity index (χ0n) is 10.3. The lowest BCUT2D eigenvalue weighted by Gasteiger charge is -2.19.